The molecule has 1 aliphatic rings. The van der Waals surface area contributed by atoms with Crippen molar-refractivity contribution in [3.05, 3.63) is 39.3 Å². The summed E-state index contributed by atoms with van der Waals surface area (Å²) in [4.78, 5) is 46.5. The van der Waals surface area contributed by atoms with Crippen molar-refractivity contribution in [2.45, 2.75) is 38.8 Å². The minimum atomic E-state index is -4.96. The Kier molecular flexibility index (Phi) is 6.89. The summed E-state index contributed by atoms with van der Waals surface area (Å²) in [6.45, 7) is 4.26. The van der Waals surface area contributed by atoms with Gasteiger partial charge in [0.1, 0.15) is 11.4 Å². The van der Waals surface area contributed by atoms with Gasteiger partial charge in [-0.25, -0.2) is 4.98 Å². The van der Waals surface area contributed by atoms with E-state index in [1.807, 2.05) is 0 Å². The number of carbonyl (C=O) groups is 2. The minimum Gasteiger partial charge on any atom is -0.503 e. The van der Waals surface area contributed by atoms with Crippen molar-refractivity contribution in [1.29, 1.82) is 0 Å². The summed E-state index contributed by atoms with van der Waals surface area (Å²) < 4.78 is 35.6. The van der Waals surface area contributed by atoms with Gasteiger partial charge in [-0.05, 0) is 20.8 Å². The number of hydrogen-bond donors (Lipinski definition) is 4. The number of amides is 1. The van der Waals surface area contributed by atoms with E-state index in [-0.39, 0.29) is 22.2 Å². The van der Waals surface area contributed by atoms with Crippen LogP contribution in [0.1, 0.15) is 44.7 Å². The molecule has 1 amide bonds. The minimum absolute atomic E-state index is 0.0346. The lowest BCUT2D eigenvalue weighted by Crippen LogP contribution is -2.68. The number of rotatable bonds is 9. The summed E-state index contributed by atoms with van der Waals surface area (Å²) in [5.74, 6) is -3.30. The van der Waals surface area contributed by atoms with Gasteiger partial charge in [0.15, 0.2) is 28.5 Å². The molecule has 1 aliphatic heterocycles. The van der Waals surface area contributed by atoms with Crippen LogP contribution in [0.4, 0.5) is 5.13 Å². The van der Waals surface area contributed by atoms with Crippen molar-refractivity contribution in [1.82, 2.24) is 14.8 Å². The van der Waals surface area contributed by atoms with Crippen molar-refractivity contribution in [3.63, 3.8) is 0 Å². The number of hydroxylamine groups is 2. The van der Waals surface area contributed by atoms with Crippen LogP contribution < -0.4 is 11.2 Å². The Bertz CT molecular complexity index is 1360. The van der Waals surface area contributed by atoms with E-state index < -0.39 is 57.2 Å². The van der Waals surface area contributed by atoms with E-state index in [4.69, 9.17) is 15.1 Å². The van der Waals surface area contributed by atoms with Crippen molar-refractivity contribution < 1.29 is 42.0 Å². The number of nitrogens with two attached hydrogens (primary N) is 1. The molecule has 0 saturated carbocycles. The number of carbonyl (C=O) groups excluding carboxylic acids is 2. The van der Waals surface area contributed by atoms with Gasteiger partial charge in [0.05, 0.1) is 17.7 Å². The molecule has 0 aliphatic carbocycles. The lowest BCUT2D eigenvalue weighted by atomic mass is 9.74. The highest BCUT2D eigenvalue weighted by atomic mass is 32.3. The molecule has 1 fully saturated rings. The number of thiazole rings is 1. The Morgan fingerprint density at radius 2 is 2.06 bits per heavy atom. The zero-order valence-electron chi connectivity index (χ0n) is 18.5. The van der Waals surface area contributed by atoms with E-state index in [1.165, 1.54) is 26.2 Å². The molecule has 2 atom stereocenters. The summed E-state index contributed by atoms with van der Waals surface area (Å²) >= 11 is 1.01. The fraction of sp³-hybridized carbons (Fsp3) is 0.389. The number of hydrogen-bond acceptors (Lipinski definition) is 13. The number of oxime groups is 1. The number of ketones is 1. The van der Waals surface area contributed by atoms with Crippen LogP contribution in [-0.2, 0) is 29.1 Å². The molecule has 1 saturated heterocycles. The Hall–Kier alpha value is -3.54. The summed E-state index contributed by atoms with van der Waals surface area (Å²) in [6.07, 6.45) is -0.763. The first-order chi connectivity index (χ1) is 16.1. The maximum absolute atomic E-state index is 13.1. The zero-order valence-corrected chi connectivity index (χ0v) is 20.1. The van der Waals surface area contributed by atoms with Crippen LogP contribution in [0.15, 0.2) is 27.6 Å². The number of nitrogen functional groups attached to an aromatic ring is 1. The monoisotopic (exact) mass is 531 g/mol. The van der Waals surface area contributed by atoms with Crippen LogP contribution in [0.3, 0.4) is 0 Å². The fourth-order valence-corrected chi connectivity index (χ4v) is 4.31. The number of nitrogens with zero attached hydrogens (tertiary/aromatic N) is 4. The fourth-order valence-electron chi connectivity index (χ4n) is 3.30. The van der Waals surface area contributed by atoms with E-state index in [2.05, 4.69) is 14.4 Å². The van der Waals surface area contributed by atoms with Gasteiger partial charge in [-0.2, -0.15) is 18.2 Å². The van der Waals surface area contributed by atoms with Gasteiger partial charge in [-0.1, -0.05) is 5.16 Å². The maximum atomic E-state index is 13.1. The van der Waals surface area contributed by atoms with Crippen LogP contribution in [0, 0.1) is 5.92 Å². The SMILES string of the molecule is CC(O/N=C(\C(=O)C[C@@H]1C(=O)N(OS(=O)(=O)O)C1(C)C)c1csc(N)n1)c1cc(=O)c(O)cn1O. The quantitative estimate of drug-likeness (QED) is 0.112. The molecule has 0 radical (unpaired) electrons. The molecule has 2 aromatic heterocycles. The number of β-lactam (4-membered cyclic amide) rings is 1. The van der Waals surface area contributed by atoms with Gasteiger partial charge >= 0.3 is 10.4 Å². The van der Waals surface area contributed by atoms with E-state index in [0.717, 1.165) is 23.6 Å². The summed E-state index contributed by atoms with van der Waals surface area (Å²) in [5.41, 5.74) is 3.21. The molecule has 0 aromatic carbocycles. The predicted molar refractivity (Wildman–Crippen MR) is 119 cm³/mol. The molecule has 3 rings (SSSR count). The topological polar surface area (TPSA) is 224 Å². The first kappa shape index (κ1) is 26.1. The molecule has 0 spiro atoms. The van der Waals surface area contributed by atoms with Crippen LogP contribution >= 0.6 is 11.3 Å². The van der Waals surface area contributed by atoms with E-state index in [9.17, 15) is 33.1 Å². The molecule has 1 unspecified atom stereocenters. The first-order valence-corrected chi connectivity index (χ1v) is 12.0. The third-order valence-electron chi connectivity index (χ3n) is 5.22. The standard InChI is InChI=1S/C18H21N5O10S2/c1-8(11-5-12(24)14(26)6-22(11)28)32-21-15(10-7-34-17(19)20-10)13(25)4-9-16(27)23(18(9,2)3)33-35(29,30)31/h5-9,26,28H,4H2,1-3H3,(H2,19,20)(H,29,30,31)/b21-15-/t8?,9-/m1/s1. The van der Waals surface area contributed by atoms with Crippen LogP contribution in [0.25, 0.3) is 0 Å². The summed E-state index contributed by atoms with van der Waals surface area (Å²) in [5, 5.41) is 25.1. The molecule has 2 aromatic rings. The molecule has 0 bridgehead atoms. The van der Waals surface area contributed by atoms with Gasteiger partial charge < -0.3 is 20.9 Å². The molecule has 190 valence electrons. The molecule has 3 heterocycles. The average Bonchev–Trinajstić information content (AvgIpc) is 3.17. The Morgan fingerprint density at radius 1 is 1.40 bits per heavy atom. The number of aromatic nitrogens is 2. The normalized spacial score (nSPS) is 18.7. The van der Waals surface area contributed by atoms with E-state index in [0.29, 0.717) is 9.79 Å². The Labute approximate surface area is 201 Å². The van der Waals surface area contributed by atoms with Gasteiger partial charge in [-0.3, -0.25) is 18.9 Å². The number of pyridine rings is 1. The van der Waals surface area contributed by atoms with Crippen molar-refractivity contribution in [3.8, 4) is 5.75 Å². The molecule has 35 heavy (non-hydrogen) atoms. The van der Waals surface area contributed by atoms with E-state index in [1.54, 1.807) is 0 Å². The van der Waals surface area contributed by atoms with Gasteiger partial charge in [0.25, 0.3) is 5.91 Å². The first-order valence-electron chi connectivity index (χ1n) is 9.76. The lowest BCUT2D eigenvalue weighted by molar-refractivity contribution is -0.228. The van der Waals surface area contributed by atoms with Gasteiger partial charge in [0.2, 0.25) is 5.43 Å². The lowest BCUT2D eigenvalue weighted by Gasteiger charge is -2.50. The predicted octanol–water partition coefficient (Wildman–Crippen LogP) is 0.242. The summed E-state index contributed by atoms with van der Waals surface area (Å²) in [6, 6.07) is 0.914. The van der Waals surface area contributed by atoms with Crippen LogP contribution in [0.5, 0.6) is 5.75 Å². The largest absolute Gasteiger partial charge is 0.503 e. The van der Waals surface area contributed by atoms with Crippen LogP contribution in [0.2, 0.25) is 0 Å². The Balaban J connectivity index is 1.85. The van der Waals surface area contributed by atoms with Crippen molar-refractivity contribution in [2.24, 2.45) is 11.1 Å². The van der Waals surface area contributed by atoms with Crippen molar-refractivity contribution >= 4 is 44.3 Å². The number of aromatic hydroxyl groups is 1. The molecule has 17 heteroatoms. The second kappa shape index (κ2) is 9.25. The molecule has 5 N–H and O–H groups in total. The second-order valence-electron chi connectivity index (χ2n) is 8.02. The highest BCUT2D eigenvalue weighted by Gasteiger charge is 2.57. The summed E-state index contributed by atoms with van der Waals surface area (Å²) in [7, 11) is -4.96. The zero-order chi connectivity index (χ0) is 26.3. The van der Waals surface area contributed by atoms with E-state index >= 15 is 0 Å². The average molecular weight is 532 g/mol. The van der Waals surface area contributed by atoms with Gasteiger partial charge in [-0.15, -0.1) is 15.6 Å². The molecular weight excluding hydrogens is 510 g/mol. The van der Waals surface area contributed by atoms with Crippen molar-refractivity contribution in [2.75, 3.05) is 5.73 Å². The smallest absolute Gasteiger partial charge is 0.418 e. The third kappa shape index (κ3) is 5.42. The van der Waals surface area contributed by atoms with Crippen LogP contribution in [-0.4, -0.2) is 61.0 Å². The number of anilines is 1. The second-order valence-corrected chi connectivity index (χ2v) is 9.91. The number of Topliss-reactive ketones (excluding diaryl/α,β-unsaturated/α-hetero) is 1. The highest BCUT2D eigenvalue weighted by Crippen LogP contribution is 2.40. The maximum Gasteiger partial charge on any atom is 0.418 e. The molecule has 15 nitrogen and oxygen atoms in total. The third-order valence-corrected chi connectivity index (χ3v) is 6.23. The van der Waals surface area contributed by atoms with Gasteiger partial charge in [0, 0.05) is 17.9 Å². The highest BCUT2D eigenvalue weighted by molar-refractivity contribution is 7.80. The molecular formula is C18H21N5O10S2. The Morgan fingerprint density at radius 3 is 2.60 bits per heavy atom.